The zero-order chi connectivity index (χ0) is 13.6. The SMILES string of the molecule is NCCCc1nc(COCC(F)(F)C(F)F)no1. The summed E-state index contributed by atoms with van der Waals surface area (Å²) in [6.07, 6.45) is -2.65. The van der Waals surface area contributed by atoms with Crippen molar-refractivity contribution >= 4 is 0 Å². The van der Waals surface area contributed by atoms with Crippen molar-refractivity contribution in [2.24, 2.45) is 5.73 Å². The third kappa shape index (κ3) is 4.57. The first kappa shape index (κ1) is 14.8. The lowest BCUT2D eigenvalue weighted by molar-refractivity contribution is -0.168. The Morgan fingerprint density at radius 2 is 2.11 bits per heavy atom. The van der Waals surface area contributed by atoms with Crippen LogP contribution in [0.15, 0.2) is 4.52 Å². The molecule has 0 aliphatic carbocycles. The van der Waals surface area contributed by atoms with E-state index in [1.54, 1.807) is 0 Å². The predicted molar refractivity (Wildman–Crippen MR) is 52.3 cm³/mol. The van der Waals surface area contributed by atoms with Crippen LogP contribution >= 0.6 is 0 Å². The van der Waals surface area contributed by atoms with Crippen molar-refractivity contribution in [1.29, 1.82) is 0 Å². The molecule has 18 heavy (non-hydrogen) atoms. The third-order valence-corrected chi connectivity index (χ3v) is 1.95. The van der Waals surface area contributed by atoms with Crippen molar-refractivity contribution in [2.45, 2.75) is 31.8 Å². The molecular weight excluding hydrogens is 258 g/mol. The van der Waals surface area contributed by atoms with Crippen molar-refractivity contribution in [1.82, 2.24) is 10.1 Å². The topological polar surface area (TPSA) is 74.2 Å². The predicted octanol–water partition coefficient (Wildman–Crippen LogP) is 1.38. The Morgan fingerprint density at radius 1 is 1.39 bits per heavy atom. The summed E-state index contributed by atoms with van der Waals surface area (Å²) in [5.41, 5.74) is 5.27. The maximum absolute atomic E-state index is 12.5. The van der Waals surface area contributed by atoms with E-state index in [2.05, 4.69) is 14.9 Å². The highest BCUT2D eigenvalue weighted by Gasteiger charge is 2.41. The summed E-state index contributed by atoms with van der Waals surface area (Å²) in [5.74, 6) is -3.83. The maximum atomic E-state index is 12.5. The first-order valence-electron chi connectivity index (χ1n) is 5.21. The summed E-state index contributed by atoms with van der Waals surface area (Å²) in [7, 11) is 0. The minimum absolute atomic E-state index is 0.0343. The van der Waals surface area contributed by atoms with Gasteiger partial charge in [-0.3, -0.25) is 0 Å². The maximum Gasteiger partial charge on any atom is 0.330 e. The van der Waals surface area contributed by atoms with E-state index in [0.717, 1.165) is 0 Å². The fourth-order valence-electron chi connectivity index (χ4n) is 1.04. The Balaban J connectivity index is 2.33. The molecular formula is C9H13F4N3O2. The van der Waals surface area contributed by atoms with Crippen LogP contribution in [0.2, 0.25) is 0 Å². The molecule has 0 spiro atoms. The zero-order valence-electron chi connectivity index (χ0n) is 9.41. The molecule has 0 fully saturated rings. The van der Waals surface area contributed by atoms with E-state index < -0.39 is 25.6 Å². The Morgan fingerprint density at radius 3 is 2.72 bits per heavy atom. The molecule has 104 valence electrons. The Labute approximate surface area is 100 Å². The largest absolute Gasteiger partial charge is 0.367 e. The molecule has 0 unspecified atom stereocenters. The summed E-state index contributed by atoms with van der Waals surface area (Å²) in [6.45, 7) is -1.35. The van der Waals surface area contributed by atoms with Crippen LogP contribution in [0.25, 0.3) is 0 Å². The number of aryl methyl sites for hydroxylation is 1. The average Bonchev–Trinajstić information content (AvgIpc) is 2.74. The van der Waals surface area contributed by atoms with Crippen LogP contribution in [0.4, 0.5) is 17.6 Å². The van der Waals surface area contributed by atoms with E-state index in [4.69, 9.17) is 10.3 Å². The van der Waals surface area contributed by atoms with Crippen LogP contribution in [0.1, 0.15) is 18.1 Å². The number of halogens is 4. The number of aromatic nitrogens is 2. The molecule has 1 rings (SSSR count). The first-order chi connectivity index (χ1) is 8.45. The van der Waals surface area contributed by atoms with Gasteiger partial charge in [-0.25, -0.2) is 8.78 Å². The number of alkyl halides is 4. The van der Waals surface area contributed by atoms with Crippen LogP contribution in [0.5, 0.6) is 0 Å². The van der Waals surface area contributed by atoms with Gasteiger partial charge in [0.1, 0.15) is 13.2 Å². The summed E-state index contributed by atoms with van der Waals surface area (Å²) in [5, 5.41) is 3.45. The lowest BCUT2D eigenvalue weighted by atomic mass is 10.3. The Hall–Kier alpha value is -1.22. The number of ether oxygens (including phenoxy) is 1. The van der Waals surface area contributed by atoms with Crippen molar-refractivity contribution in [3.05, 3.63) is 11.7 Å². The van der Waals surface area contributed by atoms with E-state index in [1.807, 2.05) is 0 Å². The third-order valence-electron chi connectivity index (χ3n) is 1.95. The standard InChI is InChI=1S/C9H13F4N3O2/c10-8(11)9(12,13)5-17-4-6-15-7(18-16-6)2-1-3-14/h8H,1-5,14H2. The quantitative estimate of drug-likeness (QED) is 0.723. The molecule has 0 saturated heterocycles. The van der Waals surface area contributed by atoms with Crippen LogP contribution in [0.3, 0.4) is 0 Å². The van der Waals surface area contributed by atoms with Crippen molar-refractivity contribution in [2.75, 3.05) is 13.2 Å². The highest BCUT2D eigenvalue weighted by Crippen LogP contribution is 2.23. The fourth-order valence-corrected chi connectivity index (χ4v) is 1.04. The van der Waals surface area contributed by atoms with Crippen molar-refractivity contribution < 1.29 is 26.8 Å². The molecule has 1 aromatic rings. The molecule has 0 amide bonds. The summed E-state index contributed by atoms with van der Waals surface area (Å²) >= 11 is 0. The second-order valence-electron chi connectivity index (χ2n) is 3.55. The van der Waals surface area contributed by atoms with Gasteiger partial charge in [0, 0.05) is 6.42 Å². The fraction of sp³-hybridized carbons (Fsp3) is 0.778. The van der Waals surface area contributed by atoms with Gasteiger partial charge in [0.05, 0.1) is 0 Å². The average molecular weight is 271 g/mol. The lowest BCUT2D eigenvalue weighted by Crippen LogP contribution is -2.32. The Bertz CT molecular complexity index is 359. The van der Waals surface area contributed by atoms with E-state index in [9.17, 15) is 17.6 Å². The lowest BCUT2D eigenvalue weighted by Gasteiger charge is -2.14. The van der Waals surface area contributed by atoms with E-state index in [-0.39, 0.29) is 5.82 Å². The van der Waals surface area contributed by atoms with Gasteiger partial charge in [-0.15, -0.1) is 0 Å². The smallest absolute Gasteiger partial charge is 0.330 e. The molecule has 0 aliphatic rings. The minimum Gasteiger partial charge on any atom is -0.367 e. The van der Waals surface area contributed by atoms with Gasteiger partial charge in [0.25, 0.3) is 0 Å². The van der Waals surface area contributed by atoms with Gasteiger partial charge in [-0.2, -0.15) is 13.8 Å². The van der Waals surface area contributed by atoms with Gasteiger partial charge in [0.15, 0.2) is 5.82 Å². The first-order valence-corrected chi connectivity index (χ1v) is 5.21. The molecule has 0 aromatic carbocycles. The van der Waals surface area contributed by atoms with Crippen molar-refractivity contribution in [3.63, 3.8) is 0 Å². The second-order valence-corrected chi connectivity index (χ2v) is 3.55. The van der Waals surface area contributed by atoms with Gasteiger partial charge in [-0.05, 0) is 13.0 Å². The molecule has 2 N–H and O–H groups in total. The molecule has 5 nitrogen and oxygen atoms in total. The molecule has 0 atom stereocenters. The monoisotopic (exact) mass is 271 g/mol. The molecule has 0 bridgehead atoms. The van der Waals surface area contributed by atoms with Gasteiger partial charge in [-0.1, -0.05) is 5.16 Å². The molecule has 9 heteroatoms. The van der Waals surface area contributed by atoms with Gasteiger partial charge < -0.3 is 15.0 Å². The Kier molecular flexibility index (Phi) is 5.48. The molecule has 0 radical (unpaired) electrons. The minimum atomic E-state index is -4.17. The highest BCUT2D eigenvalue weighted by atomic mass is 19.3. The van der Waals surface area contributed by atoms with Crippen LogP contribution in [-0.4, -0.2) is 35.6 Å². The van der Waals surface area contributed by atoms with Gasteiger partial charge >= 0.3 is 12.3 Å². The van der Waals surface area contributed by atoms with E-state index in [1.165, 1.54) is 0 Å². The number of rotatable bonds is 8. The van der Waals surface area contributed by atoms with E-state index in [0.29, 0.717) is 25.3 Å². The molecule has 0 saturated carbocycles. The summed E-state index contributed by atoms with van der Waals surface area (Å²) < 4.78 is 57.7. The molecule has 0 aliphatic heterocycles. The highest BCUT2D eigenvalue weighted by molar-refractivity contribution is 4.84. The number of hydrogen-bond donors (Lipinski definition) is 1. The number of nitrogens with two attached hydrogens (primary N) is 1. The summed E-state index contributed by atoms with van der Waals surface area (Å²) in [6, 6.07) is 0. The van der Waals surface area contributed by atoms with Crippen LogP contribution in [0, 0.1) is 0 Å². The summed E-state index contributed by atoms with van der Waals surface area (Å²) in [4.78, 5) is 3.82. The number of hydrogen-bond acceptors (Lipinski definition) is 5. The van der Waals surface area contributed by atoms with Gasteiger partial charge in [0.2, 0.25) is 5.89 Å². The second kappa shape index (κ2) is 6.64. The number of nitrogens with zero attached hydrogens (tertiary/aromatic N) is 2. The van der Waals surface area contributed by atoms with E-state index >= 15 is 0 Å². The molecule has 1 aromatic heterocycles. The molecule has 1 heterocycles. The van der Waals surface area contributed by atoms with Crippen molar-refractivity contribution in [3.8, 4) is 0 Å². The van der Waals surface area contributed by atoms with Crippen LogP contribution in [-0.2, 0) is 17.8 Å². The zero-order valence-corrected chi connectivity index (χ0v) is 9.41. The normalized spacial score (nSPS) is 12.3. The van der Waals surface area contributed by atoms with Crippen LogP contribution < -0.4 is 5.73 Å².